The molecule has 0 spiro atoms. The highest BCUT2D eigenvalue weighted by Crippen LogP contribution is 2.37. The van der Waals surface area contributed by atoms with Crippen LogP contribution in [-0.2, 0) is 4.79 Å². The molecule has 10 heteroatoms. The van der Waals surface area contributed by atoms with E-state index in [4.69, 9.17) is 27.9 Å². The second kappa shape index (κ2) is 7.95. The van der Waals surface area contributed by atoms with Gasteiger partial charge in [0.15, 0.2) is 12.4 Å². The highest BCUT2D eigenvalue weighted by molar-refractivity contribution is 6.39. The number of nitrogens with zero attached hydrogens (tertiary/aromatic N) is 2. The number of carbonyl (C=O) groups excluding carboxylic acids is 1. The van der Waals surface area contributed by atoms with Gasteiger partial charge in [-0.05, 0) is 37.3 Å². The van der Waals surface area contributed by atoms with Crippen molar-refractivity contribution in [3.63, 3.8) is 0 Å². The van der Waals surface area contributed by atoms with Crippen molar-refractivity contribution in [2.24, 2.45) is 0 Å². The fraction of sp³-hybridized carbons (Fsp3) is 0.111. The molecule has 1 N–H and O–H groups in total. The van der Waals surface area contributed by atoms with Crippen LogP contribution < -0.4 is 10.1 Å². The Morgan fingerprint density at radius 1 is 1.25 bits per heavy atom. The molecule has 1 heterocycles. The molecule has 2 aromatic carbocycles. The number of halogens is 3. The number of aromatic nitrogens is 1. The van der Waals surface area contributed by atoms with Gasteiger partial charge in [0.1, 0.15) is 17.0 Å². The lowest BCUT2D eigenvalue weighted by Gasteiger charge is -2.12. The van der Waals surface area contributed by atoms with Gasteiger partial charge in [-0.25, -0.2) is 9.37 Å². The summed E-state index contributed by atoms with van der Waals surface area (Å²) in [7, 11) is 0. The summed E-state index contributed by atoms with van der Waals surface area (Å²) in [6, 6.07) is 7.81. The minimum atomic E-state index is -0.796. The summed E-state index contributed by atoms with van der Waals surface area (Å²) >= 11 is 12.3. The number of nitrogens with one attached hydrogen (secondary N) is 1. The van der Waals surface area contributed by atoms with Crippen LogP contribution in [0.15, 0.2) is 36.4 Å². The summed E-state index contributed by atoms with van der Waals surface area (Å²) in [6.07, 6.45) is 0. The first-order chi connectivity index (χ1) is 13.3. The van der Waals surface area contributed by atoms with E-state index in [1.807, 2.05) is 0 Å². The molecule has 3 rings (SSSR count). The fourth-order valence-corrected chi connectivity index (χ4v) is 3.08. The summed E-state index contributed by atoms with van der Waals surface area (Å²) < 4.78 is 18.7. The molecule has 3 aromatic rings. The van der Waals surface area contributed by atoms with Crippen LogP contribution in [-0.4, -0.2) is 22.4 Å². The number of hydrogen-bond acceptors (Lipinski definition) is 5. The Kier molecular flexibility index (Phi) is 5.62. The van der Waals surface area contributed by atoms with E-state index >= 15 is 0 Å². The molecular weight excluding hydrogens is 412 g/mol. The first-order valence-electron chi connectivity index (χ1n) is 7.88. The van der Waals surface area contributed by atoms with Crippen molar-refractivity contribution >= 4 is 51.4 Å². The standard InChI is InChI=1S/C18H12Cl2FN3O4/c1-9-2-4-11-12(19)7-13(20)18(17(11)22-9)28-8-16(25)23-14-5-3-10(21)6-15(14)24(26)27/h2-7H,8H2,1H3,(H,23,25). The number of nitro groups is 1. The lowest BCUT2D eigenvalue weighted by atomic mass is 10.2. The van der Waals surface area contributed by atoms with Crippen LogP contribution in [0.2, 0.25) is 10.0 Å². The monoisotopic (exact) mass is 423 g/mol. The van der Waals surface area contributed by atoms with E-state index in [9.17, 15) is 19.3 Å². The maximum Gasteiger partial charge on any atom is 0.295 e. The molecule has 0 radical (unpaired) electrons. The summed E-state index contributed by atoms with van der Waals surface area (Å²) in [5.41, 5.74) is 0.363. The number of benzene rings is 2. The van der Waals surface area contributed by atoms with Gasteiger partial charge in [-0.2, -0.15) is 0 Å². The minimum Gasteiger partial charge on any atom is -0.480 e. The molecular formula is C18H12Cl2FN3O4. The molecule has 0 saturated heterocycles. The van der Waals surface area contributed by atoms with Crippen molar-refractivity contribution in [2.45, 2.75) is 6.92 Å². The van der Waals surface area contributed by atoms with E-state index in [0.717, 1.165) is 12.1 Å². The van der Waals surface area contributed by atoms with E-state index < -0.39 is 28.9 Å². The number of rotatable bonds is 5. The van der Waals surface area contributed by atoms with Crippen LogP contribution in [0.4, 0.5) is 15.8 Å². The molecule has 0 aliphatic carbocycles. The number of carbonyl (C=O) groups is 1. The number of nitro benzene ring substituents is 1. The number of fused-ring (bicyclic) bond motifs is 1. The van der Waals surface area contributed by atoms with Crippen LogP contribution in [0.3, 0.4) is 0 Å². The summed E-state index contributed by atoms with van der Waals surface area (Å²) in [4.78, 5) is 26.7. The normalized spacial score (nSPS) is 10.7. The zero-order valence-corrected chi connectivity index (χ0v) is 15.8. The number of hydrogen-bond donors (Lipinski definition) is 1. The summed E-state index contributed by atoms with van der Waals surface area (Å²) in [5.74, 6) is -1.32. The smallest absolute Gasteiger partial charge is 0.295 e. The zero-order valence-electron chi connectivity index (χ0n) is 14.3. The third-order valence-electron chi connectivity index (χ3n) is 3.76. The quantitative estimate of drug-likeness (QED) is 0.464. The minimum absolute atomic E-state index is 0.152. The van der Waals surface area contributed by atoms with E-state index in [0.29, 0.717) is 27.7 Å². The topological polar surface area (TPSA) is 94.4 Å². The zero-order chi connectivity index (χ0) is 20.4. The number of anilines is 1. The van der Waals surface area contributed by atoms with Crippen molar-refractivity contribution in [1.29, 1.82) is 0 Å². The predicted molar refractivity (Wildman–Crippen MR) is 104 cm³/mol. The molecule has 0 aliphatic heterocycles. The van der Waals surface area contributed by atoms with Crippen LogP contribution in [0.25, 0.3) is 10.9 Å². The van der Waals surface area contributed by atoms with Crippen LogP contribution in [0, 0.1) is 22.9 Å². The first-order valence-corrected chi connectivity index (χ1v) is 8.64. The van der Waals surface area contributed by atoms with Crippen molar-refractivity contribution < 1.29 is 18.8 Å². The Hall–Kier alpha value is -2.97. The van der Waals surface area contributed by atoms with Gasteiger partial charge in [-0.1, -0.05) is 23.2 Å². The number of amides is 1. The molecule has 0 bridgehead atoms. The maximum absolute atomic E-state index is 13.2. The lowest BCUT2D eigenvalue weighted by Crippen LogP contribution is -2.21. The van der Waals surface area contributed by atoms with E-state index in [1.54, 1.807) is 19.1 Å². The second-order valence-electron chi connectivity index (χ2n) is 5.77. The number of pyridine rings is 1. The third kappa shape index (κ3) is 4.13. The number of aryl methyl sites for hydroxylation is 1. The fourth-order valence-electron chi connectivity index (χ4n) is 2.51. The highest BCUT2D eigenvalue weighted by atomic mass is 35.5. The van der Waals surface area contributed by atoms with Crippen LogP contribution >= 0.6 is 23.2 Å². The van der Waals surface area contributed by atoms with E-state index in [2.05, 4.69) is 10.3 Å². The van der Waals surface area contributed by atoms with Gasteiger partial charge in [-0.3, -0.25) is 14.9 Å². The molecule has 0 aliphatic rings. The Labute approximate surface area is 168 Å². The van der Waals surface area contributed by atoms with Crippen LogP contribution in [0.1, 0.15) is 5.69 Å². The molecule has 1 amide bonds. The van der Waals surface area contributed by atoms with Crippen LogP contribution in [0.5, 0.6) is 5.75 Å². The molecule has 1 aromatic heterocycles. The first kappa shape index (κ1) is 19.8. The average Bonchev–Trinajstić information content (AvgIpc) is 2.62. The lowest BCUT2D eigenvalue weighted by molar-refractivity contribution is -0.384. The van der Waals surface area contributed by atoms with E-state index in [-0.39, 0.29) is 16.5 Å². The van der Waals surface area contributed by atoms with E-state index in [1.165, 1.54) is 6.07 Å². The molecule has 0 fully saturated rings. The summed E-state index contributed by atoms with van der Waals surface area (Å²) in [6.45, 7) is 1.28. The molecule has 144 valence electrons. The average molecular weight is 424 g/mol. The largest absolute Gasteiger partial charge is 0.480 e. The molecule has 0 unspecified atom stereocenters. The Morgan fingerprint density at radius 3 is 2.71 bits per heavy atom. The van der Waals surface area contributed by atoms with Gasteiger partial charge in [0.2, 0.25) is 0 Å². The van der Waals surface area contributed by atoms with Crippen molar-refractivity contribution in [2.75, 3.05) is 11.9 Å². The predicted octanol–water partition coefficient (Wildman–Crippen LogP) is 4.91. The Bertz CT molecular complexity index is 1110. The summed E-state index contributed by atoms with van der Waals surface area (Å²) in [5, 5.41) is 14.5. The van der Waals surface area contributed by atoms with Crippen molar-refractivity contribution in [3.05, 3.63) is 68.1 Å². The second-order valence-corrected chi connectivity index (χ2v) is 6.59. The number of ether oxygens (including phenoxy) is 1. The molecule has 0 atom stereocenters. The highest BCUT2D eigenvalue weighted by Gasteiger charge is 2.19. The van der Waals surface area contributed by atoms with Gasteiger partial charge in [0.05, 0.1) is 21.0 Å². The molecule has 0 saturated carbocycles. The van der Waals surface area contributed by atoms with Gasteiger partial charge in [0.25, 0.3) is 11.6 Å². The maximum atomic E-state index is 13.2. The Balaban J connectivity index is 1.83. The van der Waals surface area contributed by atoms with Gasteiger partial charge < -0.3 is 10.1 Å². The molecule has 7 nitrogen and oxygen atoms in total. The van der Waals surface area contributed by atoms with Gasteiger partial charge >= 0.3 is 0 Å². The SMILES string of the molecule is Cc1ccc2c(Cl)cc(Cl)c(OCC(=O)Nc3ccc(F)cc3[N+](=O)[O-])c2n1. The Morgan fingerprint density at radius 2 is 2.00 bits per heavy atom. The van der Waals surface area contributed by atoms with Crippen molar-refractivity contribution in [1.82, 2.24) is 4.98 Å². The third-order valence-corrected chi connectivity index (χ3v) is 4.35. The molecule has 28 heavy (non-hydrogen) atoms. The van der Waals surface area contributed by atoms with Gasteiger partial charge in [-0.15, -0.1) is 0 Å². The van der Waals surface area contributed by atoms with Gasteiger partial charge in [0, 0.05) is 11.1 Å². The van der Waals surface area contributed by atoms with Crippen molar-refractivity contribution in [3.8, 4) is 5.75 Å².